The first-order valence-corrected chi connectivity index (χ1v) is 13.2. The second-order valence-electron chi connectivity index (χ2n) is 11.9. The first-order valence-electron chi connectivity index (χ1n) is 13.2. The van der Waals surface area contributed by atoms with Crippen molar-refractivity contribution < 1.29 is 14.4 Å². The molecule has 0 aromatic rings. The fraction of sp³-hybridized carbons (Fsp3) is 0.958. The predicted molar refractivity (Wildman–Crippen MR) is 118 cm³/mol. The number of hydrogen-bond donors (Lipinski definition) is 3. The number of hydrazine groups is 1. The summed E-state index contributed by atoms with van der Waals surface area (Å²) < 4.78 is 5.66. The van der Waals surface area contributed by atoms with Crippen LogP contribution in [0.1, 0.15) is 57.8 Å². The molecule has 0 radical (unpaired) electrons. The van der Waals surface area contributed by atoms with Crippen molar-refractivity contribution in [3.8, 4) is 0 Å². The number of fused-ring (bicyclic) bond motifs is 1. The Kier molecular flexibility index (Phi) is 5.07. The number of nitrogens with one attached hydrogen (secondary N) is 3. The second-order valence-corrected chi connectivity index (χ2v) is 11.9. The topological polar surface area (TPSA) is 78.1 Å². The molecule has 178 valence electrons. The Hall–Kier alpha value is -0.770. The Morgan fingerprint density at radius 2 is 1.78 bits per heavy atom. The number of nitrogens with zero attached hydrogens (tertiary/aromatic N) is 2. The molecule has 32 heavy (non-hydrogen) atoms. The van der Waals surface area contributed by atoms with Gasteiger partial charge in [-0.2, -0.15) is 5.48 Å². The third-order valence-corrected chi connectivity index (χ3v) is 10.1. The van der Waals surface area contributed by atoms with E-state index in [4.69, 9.17) is 9.57 Å². The smallest absolute Gasteiger partial charge is 0.228 e. The van der Waals surface area contributed by atoms with Crippen LogP contribution in [-0.2, 0) is 14.4 Å². The molecule has 0 aromatic heterocycles. The molecule has 3 N–H and O–H groups in total. The van der Waals surface area contributed by atoms with Gasteiger partial charge < -0.3 is 9.64 Å². The predicted octanol–water partition coefficient (Wildman–Crippen LogP) is 1.20. The van der Waals surface area contributed by atoms with Gasteiger partial charge in [0, 0.05) is 38.2 Å². The Labute approximate surface area is 191 Å². The van der Waals surface area contributed by atoms with Gasteiger partial charge in [-0.25, -0.2) is 5.01 Å². The molecule has 8 heteroatoms. The number of hydrogen-bond acceptors (Lipinski definition) is 7. The van der Waals surface area contributed by atoms with Crippen LogP contribution in [0.2, 0.25) is 0 Å². The average molecular weight is 446 g/mol. The van der Waals surface area contributed by atoms with Crippen LogP contribution in [0.15, 0.2) is 0 Å². The van der Waals surface area contributed by atoms with E-state index in [1.54, 1.807) is 0 Å². The number of hydroxylamine groups is 1. The highest BCUT2D eigenvalue weighted by atomic mass is 16.7. The van der Waals surface area contributed by atoms with Gasteiger partial charge in [-0.3, -0.25) is 20.4 Å². The van der Waals surface area contributed by atoms with Gasteiger partial charge in [0.25, 0.3) is 0 Å². The highest BCUT2D eigenvalue weighted by Gasteiger charge is 2.62. The Morgan fingerprint density at radius 1 is 0.969 bits per heavy atom. The summed E-state index contributed by atoms with van der Waals surface area (Å²) in [6, 6.07) is 1.14. The molecule has 2 bridgehead atoms. The van der Waals surface area contributed by atoms with E-state index in [0.717, 1.165) is 83.2 Å². The Balaban J connectivity index is 0.918. The largest absolute Gasteiger partial charge is 0.380 e. The van der Waals surface area contributed by atoms with Gasteiger partial charge in [-0.05, 0) is 75.5 Å². The van der Waals surface area contributed by atoms with Crippen molar-refractivity contribution in [2.45, 2.75) is 82.3 Å². The van der Waals surface area contributed by atoms with Gasteiger partial charge in [-0.1, -0.05) is 0 Å². The minimum Gasteiger partial charge on any atom is -0.380 e. The van der Waals surface area contributed by atoms with E-state index in [1.165, 1.54) is 19.3 Å². The average Bonchev–Trinajstić information content (AvgIpc) is 3.51. The van der Waals surface area contributed by atoms with E-state index in [-0.39, 0.29) is 17.8 Å². The van der Waals surface area contributed by atoms with Crippen molar-refractivity contribution in [1.29, 1.82) is 0 Å². The molecular formula is C24H39N5O3. The lowest BCUT2D eigenvalue weighted by atomic mass is 9.44. The van der Waals surface area contributed by atoms with Crippen LogP contribution >= 0.6 is 0 Å². The van der Waals surface area contributed by atoms with E-state index in [2.05, 4.69) is 26.1 Å². The number of piperidine rings is 1. The minimum atomic E-state index is 0.0714. The van der Waals surface area contributed by atoms with Crippen LogP contribution in [0.5, 0.6) is 0 Å². The van der Waals surface area contributed by atoms with Gasteiger partial charge in [0.15, 0.2) is 0 Å². The highest BCUT2D eigenvalue weighted by molar-refractivity contribution is 5.85. The first-order chi connectivity index (χ1) is 15.7. The highest BCUT2D eigenvalue weighted by Crippen LogP contribution is 2.65. The molecule has 4 saturated carbocycles. The fourth-order valence-electron chi connectivity index (χ4n) is 7.94. The summed E-state index contributed by atoms with van der Waals surface area (Å²) in [4.78, 5) is 21.2. The summed E-state index contributed by atoms with van der Waals surface area (Å²) in [7, 11) is 0. The maximum Gasteiger partial charge on any atom is 0.228 e. The molecule has 8 fully saturated rings. The Morgan fingerprint density at radius 3 is 2.50 bits per heavy atom. The van der Waals surface area contributed by atoms with E-state index < -0.39 is 0 Å². The molecule has 4 heterocycles. The quantitative estimate of drug-likeness (QED) is 0.600. The summed E-state index contributed by atoms with van der Waals surface area (Å²) in [5.41, 5.74) is 7.10. The normalized spacial score (nSPS) is 49.0. The number of carbonyl (C=O) groups excluding carboxylic acids is 1. The number of amides is 1. The zero-order valence-corrected chi connectivity index (χ0v) is 19.1. The van der Waals surface area contributed by atoms with Crippen LogP contribution in [0.3, 0.4) is 0 Å². The van der Waals surface area contributed by atoms with Gasteiger partial charge in [-0.15, -0.1) is 0 Å². The van der Waals surface area contributed by atoms with Crippen molar-refractivity contribution in [2.75, 3.05) is 32.8 Å². The SMILES string of the molecule is O=C(N1CCC(C2NOC(C3CCC4CNN([C@H]5CCOC5)C4C3)N2)CC1)C12CC(C1)C2. The third kappa shape index (κ3) is 3.28. The van der Waals surface area contributed by atoms with Crippen molar-refractivity contribution in [3.05, 3.63) is 0 Å². The standard InChI is InChI=1S/C24H39N5O3/c30-23(24-10-15(11-24)12-24)28-6-3-16(4-7-28)21-26-22(32-27-21)17-1-2-18-13-25-29(20(18)9-17)19-5-8-31-14-19/h15-22,25-27H,1-14H2/t15?,17?,18?,19-,20?,21?,22?,24?/m0/s1. The van der Waals surface area contributed by atoms with Crippen molar-refractivity contribution in [1.82, 2.24) is 26.1 Å². The monoisotopic (exact) mass is 445 g/mol. The lowest BCUT2D eigenvalue weighted by molar-refractivity contribution is -0.178. The second kappa shape index (κ2) is 7.89. The maximum absolute atomic E-state index is 12.9. The molecule has 0 spiro atoms. The summed E-state index contributed by atoms with van der Waals surface area (Å²) >= 11 is 0. The fourth-order valence-corrected chi connectivity index (χ4v) is 7.94. The summed E-state index contributed by atoms with van der Waals surface area (Å²) in [5.74, 6) is 3.17. The van der Waals surface area contributed by atoms with Gasteiger partial charge >= 0.3 is 0 Å². The first kappa shape index (κ1) is 20.6. The van der Waals surface area contributed by atoms with E-state index in [0.29, 0.717) is 29.8 Å². The number of likely N-dealkylation sites (tertiary alicyclic amines) is 1. The summed E-state index contributed by atoms with van der Waals surface area (Å²) in [6.45, 7) is 4.71. The maximum atomic E-state index is 12.9. The van der Waals surface area contributed by atoms with Crippen LogP contribution in [0.25, 0.3) is 0 Å². The third-order valence-electron chi connectivity index (χ3n) is 10.1. The number of ether oxygens (including phenoxy) is 1. The number of carbonyl (C=O) groups is 1. The molecule has 1 amide bonds. The molecule has 8 nitrogen and oxygen atoms in total. The van der Waals surface area contributed by atoms with E-state index in [9.17, 15) is 4.79 Å². The number of rotatable bonds is 4. The minimum absolute atomic E-state index is 0.0714. The molecular weight excluding hydrogens is 406 g/mol. The van der Waals surface area contributed by atoms with Crippen LogP contribution in [0, 0.1) is 29.1 Å². The lowest BCUT2D eigenvalue weighted by Crippen LogP contribution is -2.62. The van der Waals surface area contributed by atoms with E-state index >= 15 is 0 Å². The molecule has 6 atom stereocenters. The lowest BCUT2D eigenvalue weighted by Gasteiger charge is -2.61. The molecule has 8 aliphatic rings. The molecule has 4 saturated heterocycles. The van der Waals surface area contributed by atoms with Crippen LogP contribution in [-0.4, -0.2) is 73.1 Å². The summed E-state index contributed by atoms with van der Waals surface area (Å²) in [6.07, 6.45) is 10.8. The molecule has 8 rings (SSSR count). The van der Waals surface area contributed by atoms with Crippen molar-refractivity contribution in [2.24, 2.45) is 29.1 Å². The van der Waals surface area contributed by atoms with Crippen LogP contribution < -0.4 is 16.2 Å². The van der Waals surface area contributed by atoms with Crippen molar-refractivity contribution >= 4 is 5.91 Å². The van der Waals surface area contributed by atoms with Gasteiger partial charge in [0.1, 0.15) is 6.23 Å². The molecule has 0 aromatic carbocycles. The van der Waals surface area contributed by atoms with Crippen molar-refractivity contribution in [3.63, 3.8) is 0 Å². The van der Waals surface area contributed by atoms with Gasteiger partial charge in [0.2, 0.25) is 5.91 Å². The van der Waals surface area contributed by atoms with Gasteiger partial charge in [0.05, 0.1) is 24.2 Å². The molecule has 4 aliphatic carbocycles. The molecule has 4 aliphatic heterocycles. The molecule has 5 unspecified atom stereocenters. The van der Waals surface area contributed by atoms with Crippen LogP contribution in [0.4, 0.5) is 0 Å². The Bertz CT molecular complexity index is 720. The van der Waals surface area contributed by atoms with E-state index in [1.807, 2.05) is 0 Å². The summed E-state index contributed by atoms with van der Waals surface area (Å²) in [5, 5.41) is 6.33. The zero-order valence-electron chi connectivity index (χ0n) is 19.1. The zero-order chi connectivity index (χ0) is 21.3.